The maximum Gasteiger partial charge on any atom is 0.345 e. The van der Waals surface area contributed by atoms with Gasteiger partial charge in [0.25, 0.3) is 0 Å². The van der Waals surface area contributed by atoms with Crippen LogP contribution < -0.4 is 10.9 Å². The predicted octanol–water partition coefficient (Wildman–Crippen LogP) is 5.22. The van der Waals surface area contributed by atoms with Crippen molar-refractivity contribution in [3.8, 4) is 11.3 Å². The SMILES string of the molecule is O=C(/C=C/c1ccccc1Cl)Nc1nc(-c2cc3ccccc3oc2=O)cs1. The minimum absolute atomic E-state index is 0.341. The standard InChI is InChI=1S/C21H13ClN2O3S/c22-16-7-3-1-5-13(16)9-10-19(25)24-21-23-17(12-28-21)15-11-14-6-2-4-8-18(14)27-20(15)26/h1-12H,(H,23,24,25)/b10-9+. The third-order valence-corrected chi connectivity index (χ3v) is 5.07. The third kappa shape index (κ3) is 3.88. The van der Waals surface area contributed by atoms with E-state index in [4.69, 9.17) is 16.0 Å². The first-order chi connectivity index (χ1) is 13.6. The lowest BCUT2D eigenvalue weighted by molar-refractivity contribution is -0.111. The van der Waals surface area contributed by atoms with Gasteiger partial charge in [0, 0.05) is 21.9 Å². The summed E-state index contributed by atoms with van der Waals surface area (Å²) in [6.07, 6.45) is 3.01. The number of rotatable bonds is 4. The molecular weight excluding hydrogens is 396 g/mol. The molecule has 2 heterocycles. The van der Waals surface area contributed by atoms with E-state index in [1.807, 2.05) is 30.3 Å². The first-order valence-electron chi connectivity index (χ1n) is 8.32. The Morgan fingerprint density at radius 1 is 1.14 bits per heavy atom. The summed E-state index contributed by atoms with van der Waals surface area (Å²) in [5.41, 5.74) is 1.59. The molecule has 4 rings (SSSR count). The Morgan fingerprint density at radius 2 is 1.93 bits per heavy atom. The highest BCUT2D eigenvalue weighted by atomic mass is 35.5. The fourth-order valence-corrected chi connectivity index (χ4v) is 3.53. The summed E-state index contributed by atoms with van der Waals surface area (Å²) in [5, 5.41) is 6.14. The number of fused-ring (bicyclic) bond motifs is 1. The number of halogens is 1. The van der Waals surface area contributed by atoms with Crippen LogP contribution in [-0.2, 0) is 4.79 Å². The molecule has 0 saturated heterocycles. The van der Waals surface area contributed by atoms with Crippen LogP contribution in [0, 0.1) is 0 Å². The maximum atomic E-state index is 12.2. The number of aromatic nitrogens is 1. The van der Waals surface area contributed by atoms with E-state index in [0.717, 1.165) is 10.9 Å². The zero-order chi connectivity index (χ0) is 19.5. The molecule has 2 aromatic carbocycles. The number of hydrogen-bond donors (Lipinski definition) is 1. The van der Waals surface area contributed by atoms with E-state index < -0.39 is 5.63 Å². The molecule has 0 unspecified atom stereocenters. The van der Waals surface area contributed by atoms with Gasteiger partial charge in [-0.3, -0.25) is 10.1 Å². The van der Waals surface area contributed by atoms with Crippen LogP contribution in [-0.4, -0.2) is 10.9 Å². The fraction of sp³-hybridized carbons (Fsp3) is 0. The van der Waals surface area contributed by atoms with Crippen molar-refractivity contribution in [2.75, 3.05) is 5.32 Å². The molecule has 28 heavy (non-hydrogen) atoms. The lowest BCUT2D eigenvalue weighted by atomic mass is 10.1. The van der Waals surface area contributed by atoms with Crippen molar-refractivity contribution in [3.63, 3.8) is 0 Å². The zero-order valence-corrected chi connectivity index (χ0v) is 16.0. The molecule has 1 N–H and O–H groups in total. The second kappa shape index (κ2) is 7.80. The second-order valence-corrected chi connectivity index (χ2v) is 7.13. The van der Waals surface area contributed by atoms with Crippen molar-refractivity contribution in [2.24, 2.45) is 0 Å². The lowest BCUT2D eigenvalue weighted by Crippen LogP contribution is -2.08. The number of nitrogens with zero attached hydrogens (tertiary/aromatic N) is 1. The summed E-state index contributed by atoms with van der Waals surface area (Å²) >= 11 is 7.29. The molecule has 0 aliphatic carbocycles. The van der Waals surface area contributed by atoms with Gasteiger partial charge in [-0.05, 0) is 29.8 Å². The topological polar surface area (TPSA) is 72.2 Å². The molecule has 0 bridgehead atoms. The summed E-state index contributed by atoms with van der Waals surface area (Å²) < 4.78 is 5.33. The highest BCUT2D eigenvalue weighted by molar-refractivity contribution is 7.14. The van der Waals surface area contributed by atoms with E-state index in [-0.39, 0.29) is 5.91 Å². The molecule has 138 valence electrons. The number of carbonyl (C=O) groups is 1. The molecule has 0 aliphatic rings. The van der Waals surface area contributed by atoms with Gasteiger partial charge in [0.05, 0.1) is 11.3 Å². The summed E-state index contributed by atoms with van der Waals surface area (Å²) in [4.78, 5) is 28.7. The Bertz CT molecular complexity index is 1260. The van der Waals surface area contributed by atoms with Gasteiger partial charge in [0.2, 0.25) is 5.91 Å². The van der Waals surface area contributed by atoms with Crippen molar-refractivity contribution in [1.82, 2.24) is 4.98 Å². The van der Waals surface area contributed by atoms with Gasteiger partial charge < -0.3 is 4.42 Å². The Labute approximate surface area is 168 Å². The van der Waals surface area contributed by atoms with Gasteiger partial charge in [-0.2, -0.15) is 0 Å². The van der Waals surface area contributed by atoms with Crippen molar-refractivity contribution in [3.05, 3.63) is 87.1 Å². The second-order valence-electron chi connectivity index (χ2n) is 5.87. The smallest absolute Gasteiger partial charge is 0.345 e. The van der Waals surface area contributed by atoms with Gasteiger partial charge in [0.1, 0.15) is 5.58 Å². The molecule has 7 heteroatoms. The zero-order valence-electron chi connectivity index (χ0n) is 14.4. The molecular formula is C21H13ClN2O3S. The van der Waals surface area contributed by atoms with Gasteiger partial charge in [0.15, 0.2) is 5.13 Å². The van der Waals surface area contributed by atoms with Crippen LogP contribution in [0.15, 0.2) is 75.3 Å². The average Bonchev–Trinajstić information content (AvgIpc) is 3.15. The minimum atomic E-state index is -0.472. The summed E-state index contributed by atoms with van der Waals surface area (Å²) in [6.45, 7) is 0. The molecule has 0 atom stereocenters. The number of nitrogens with one attached hydrogen (secondary N) is 1. The van der Waals surface area contributed by atoms with Crippen LogP contribution >= 0.6 is 22.9 Å². The Kier molecular flexibility index (Phi) is 5.06. The van der Waals surface area contributed by atoms with Crippen LogP contribution in [0.3, 0.4) is 0 Å². The first-order valence-corrected chi connectivity index (χ1v) is 9.58. The van der Waals surface area contributed by atoms with E-state index in [0.29, 0.717) is 27.0 Å². The average molecular weight is 409 g/mol. The van der Waals surface area contributed by atoms with Crippen LogP contribution in [0.25, 0.3) is 28.3 Å². The number of thiazole rings is 1. The van der Waals surface area contributed by atoms with Gasteiger partial charge in [-0.15, -0.1) is 11.3 Å². The number of para-hydroxylation sites is 1. The molecule has 5 nitrogen and oxygen atoms in total. The number of amides is 1. The summed E-state index contributed by atoms with van der Waals surface area (Å²) in [5.74, 6) is -0.341. The highest BCUT2D eigenvalue weighted by Gasteiger charge is 2.12. The molecule has 2 aromatic heterocycles. The molecule has 1 amide bonds. The van der Waals surface area contributed by atoms with Gasteiger partial charge in [-0.1, -0.05) is 48.0 Å². The molecule has 0 aliphatic heterocycles. The monoisotopic (exact) mass is 408 g/mol. The lowest BCUT2D eigenvalue weighted by Gasteiger charge is -1.99. The molecule has 0 saturated carbocycles. The normalized spacial score (nSPS) is 11.2. The largest absolute Gasteiger partial charge is 0.422 e. The number of hydrogen-bond acceptors (Lipinski definition) is 5. The summed E-state index contributed by atoms with van der Waals surface area (Å²) in [6, 6.07) is 16.2. The third-order valence-electron chi connectivity index (χ3n) is 3.97. The first kappa shape index (κ1) is 18.2. The number of carbonyl (C=O) groups excluding carboxylic acids is 1. The summed E-state index contributed by atoms with van der Waals surface area (Å²) in [7, 11) is 0. The fourth-order valence-electron chi connectivity index (χ4n) is 2.62. The van der Waals surface area contributed by atoms with E-state index in [1.54, 1.807) is 35.7 Å². The molecule has 4 aromatic rings. The Morgan fingerprint density at radius 3 is 2.79 bits per heavy atom. The van der Waals surface area contributed by atoms with E-state index >= 15 is 0 Å². The van der Waals surface area contributed by atoms with E-state index in [1.165, 1.54) is 17.4 Å². The number of benzene rings is 2. The van der Waals surface area contributed by atoms with Crippen LogP contribution in [0.5, 0.6) is 0 Å². The van der Waals surface area contributed by atoms with Crippen molar-refractivity contribution < 1.29 is 9.21 Å². The van der Waals surface area contributed by atoms with E-state index in [9.17, 15) is 9.59 Å². The van der Waals surface area contributed by atoms with Crippen molar-refractivity contribution >= 4 is 51.0 Å². The van der Waals surface area contributed by atoms with Gasteiger partial charge in [-0.25, -0.2) is 9.78 Å². The minimum Gasteiger partial charge on any atom is -0.422 e. The predicted molar refractivity (Wildman–Crippen MR) is 113 cm³/mol. The van der Waals surface area contributed by atoms with Crippen LogP contribution in [0.2, 0.25) is 5.02 Å². The quantitative estimate of drug-likeness (QED) is 0.371. The van der Waals surface area contributed by atoms with Crippen molar-refractivity contribution in [1.29, 1.82) is 0 Å². The number of anilines is 1. The van der Waals surface area contributed by atoms with Gasteiger partial charge >= 0.3 is 5.63 Å². The molecule has 0 fully saturated rings. The molecule has 0 radical (unpaired) electrons. The van der Waals surface area contributed by atoms with Crippen LogP contribution in [0.1, 0.15) is 5.56 Å². The Hall–Kier alpha value is -3.22. The molecule has 0 spiro atoms. The van der Waals surface area contributed by atoms with Crippen molar-refractivity contribution in [2.45, 2.75) is 0 Å². The highest BCUT2D eigenvalue weighted by Crippen LogP contribution is 2.25. The van der Waals surface area contributed by atoms with Crippen LogP contribution in [0.4, 0.5) is 5.13 Å². The maximum absolute atomic E-state index is 12.2. The Balaban J connectivity index is 1.53. The van der Waals surface area contributed by atoms with E-state index in [2.05, 4.69) is 10.3 Å².